The first-order chi connectivity index (χ1) is 53.3. The number of rotatable bonds is 45. The molecule has 35 heteroatoms. The number of carbonyl (C=O) groups excluding carboxylic acids is 9. The lowest BCUT2D eigenvalue weighted by molar-refractivity contribution is -0.117. The maximum atomic E-state index is 13.3. The number of alkyl carbamates (subject to hydrolysis) is 1. The van der Waals surface area contributed by atoms with Gasteiger partial charge in [-0.2, -0.15) is 0 Å². The Morgan fingerprint density at radius 1 is 0.459 bits per heavy atom. The zero-order valence-corrected chi connectivity index (χ0v) is 64.8. The minimum atomic E-state index is -0.687. The number of halogens is 1. The Kier molecular flexibility index (Phi) is 33.9. The predicted molar refractivity (Wildman–Crippen MR) is 414 cm³/mol. The number of aromatic nitrogens is 6. The van der Waals surface area contributed by atoms with Crippen LogP contribution in [0.3, 0.4) is 0 Å². The Hall–Kier alpha value is -10.6. The number of ether oxygens (including phenoxy) is 9. The highest BCUT2D eigenvalue weighted by Gasteiger charge is 2.33. The fourth-order valence-electron chi connectivity index (χ4n) is 11.5. The first-order valence-electron chi connectivity index (χ1n) is 36.4. The number of hydrogen-bond acceptors (Lipinski definition) is 21. The van der Waals surface area contributed by atoms with Gasteiger partial charge in [0.05, 0.1) is 123 Å². The molecule has 1 unspecified atom stereocenters. The molecule has 7 aromatic rings. The van der Waals surface area contributed by atoms with E-state index in [-0.39, 0.29) is 109 Å². The molecule has 1 aliphatic heterocycles. The van der Waals surface area contributed by atoms with Crippen LogP contribution >= 0.6 is 11.6 Å². The Labute approximate surface area is 648 Å². The predicted octanol–water partition coefficient (Wildman–Crippen LogP) is 6.86. The van der Waals surface area contributed by atoms with Crippen molar-refractivity contribution in [3.05, 3.63) is 143 Å². The molecule has 9 amide bonds. The number of hydrogen-bond donors (Lipinski definition) is 9. The van der Waals surface area contributed by atoms with E-state index in [1.807, 2.05) is 53.4 Å². The van der Waals surface area contributed by atoms with Crippen molar-refractivity contribution in [2.45, 2.75) is 71.6 Å². The molecule has 0 saturated heterocycles. The van der Waals surface area contributed by atoms with Crippen molar-refractivity contribution in [3.8, 4) is 11.1 Å². The summed E-state index contributed by atoms with van der Waals surface area (Å²) in [7, 11) is 6.40. The molecule has 5 heterocycles. The van der Waals surface area contributed by atoms with Gasteiger partial charge < -0.3 is 114 Å². The van der Waals surface area contributed by atoms with Crippen LogP contribution in [0.25, 0.3) is 11.1 Å². The lowest BCUT2D eigenvalue weighted by Crippen LogP contribution is -2.43. The summed E-state index contributed by atoms with van der Waals surface area (Å²) in [6, 6.07) is 24.1. The number of fused-ring (bicyclic) bond motifs is 1. The average molecular weight is 1560 g/mol. The van der Waals surface area contributed by atoms with Gasteiger partial charge in [0.25, 0.3) is 29.5 Å². The van der Waals surface area contributed by atoms with Crippen LogP contribution in [0.5, 0.6) is 0 Å². The number of amides is 9. The third kappa shape index (κ3) is 28.4. The van der Waals surface area contributed by atoms with E-state index in [1.165, 1.54) is 44.4 Å². The number of nitrogens with one attached hydrogen (secondary N) is 9. The van der Waals surface area contributed by atoms with E-state index in [1.54, 1.807) is 78.8 Å². The normalized spacial score (nSPS) is 13.2. The first kappa shape index (κ1) is 86.0. The molecule has 0 fully saturated rings. The van der Waals surface area contributed by atoms with Gasteiger partial charge in [-0.05, 0) is 111 Å². The minimum absolute atomic E-state index is 0.00552. The molecule has 4 aromatic heterocycles. The lowest BCUT2D eigenvalue weighted by Gasteiger charge is -2.39. The highest BCUT2D eigenvalue weighted by atomic mass is 35.5. The number of imidazole rings is 2. The van der Waals surface area contributed by atoms with Crippen LogP contribution in [-0.2, 0) is 85.2 Å². The van der Waals surface area contributed by atoms with E-state index in [9.17, 15) is 43.2 Å². The van der Waals surface area contributed by atoms with E-state index < -0.39 is 41.2 Å². The molecule has 1 aliphatic rings. The van der Waals surface area contributed by atoms with Crippen LogP contribution in [0.1, 0.15) is 118 Å². The SMILES string of the molecule is CC(=O)N1c2ccc(-c3ccc(C(=O)NCCOCCOCCOCCOCCOCCOCCOCCOCCNC(=O)c4cc(NC(=O)c5nc(NC(=O)CCNC(=O)c6cc(NC(=O)c7nc(NC(=O)CCNC(=O)OC(C)(C)C)cn7C)cn6C)cn5C)cn4C)cc3)cc2C(Nc2ccc(Cl)cc2)C[C@@H]1C. The molecule has 9 N–H and O–H groups in total. The second-order valence-electron chi connectivity index (χ2n) is 26.7. The van der Waals surface area contributed by atoms with Crippen molar-refractivity contribution in [1.82, 2.24) is 49.5 Å². The molecule has 0 radical (unpaired) electrons. The Bertz CT molecular complexity index is 4250. The number of anilines is 6. The topological polar surface area (TPSA) is 394 Å². The van der Waals surface area contributed by atoms with Crippen molar-refractivity contribution in [2.75, 3.05) is 163 Å². The van der Waals surface area contributed by atoms with E-state index in [0.717, 1.165) is 34.5 Å². The van der Waals surface area contributed by atoms with Crippen LogP contribution in [0.4, 0.5) is 39.2 Å². The monoisotopic (exact) mass is 1560 g/mol. The number of carbonyl (C=O) groups is 9. The van der Waals surface area contributed by atoms with E-state index >= 15 is 0 Å². The van der Waals surface area contributed by atoms with Gasteiger partial charge in [-0.15, -0.1) is 0 Å². The third-order valence-corrected chi connectivity index (χ3v) is 16.9. The summed E-state index contributed by atoms with van der Waals surface area (Å²) in [5.41, 5.74) is 5.68. The maximum absolute atomic E-state index is 13.3. The summed E-state index contributed by atoms with van der Waals surface area (Å²) in [5.74, 6) is -3.14. The summed E-state index contributed by atoms with van der Waals surface area (Å²) in [6.07, 6.45) is 5.85. The maximum Gasteiger partial charge on any atom is 0.407 e. The Balaban J connectivity index is 0.569. The van der Waals surface area contributed by atoms with Gasteiger partial charge in [0.2, 0.25) is 29.4 Å². The van der Waals surface area contributed by atoms with Gasteiger partial charge in [0.15, 0.2) is 11.6 Å². The van der Waals surface area contributed by atoms with Crippen molar-refractivity contribution < 1.29 is 85.8 Å². The van der Waals surface area contributed by atoms with Gasteiger partial charge in [-0.3, -0.25) is 38.4 Å². The smallest absolute Gasteiger partial charge is 0.407 e. The molecule has 34 nitrogen and oxygen atoms in total. The standard InChI is InChI=1S/C76H101ClN16O18/c1-50-42-60(82-56-17-15-55(77)16-18-56)59-43-54(14-19-61(59)93(50)51(2)94)52-10-12-53(13-11-52)70(97)79-24-26-103-28-30-105-32-34-107-36-38-109-40-41-110-39-37-108-35-33-106-31-29-104-27-25-80-72(99)63-45-58(47-90(63)7)84-74(101)68-87-64(48-91(68)8)85-66(95)20-22-78-71(98)62-44-57(46-89(62)6)83-73(100)69-88-65(49-92(69)9)86-67(96)21-23-81-75(102)111-76(3,4)5/h10-19,43-50,60,82H,20-42H2,1-9H3,(H,78,98)(H,79,97)(H,80,99)(H,81,102)(H,83,100)(H,84,101)(H,85,95)(H,86,96)/t50-,60?/m0/s1. The second-order valence-corrected chi connectivity index (χ2v) is 27.1. The van der Waals surface area contributed by atoms with Crippen molar-refractivity contribution >= 4 is 99.3 Å². The molecule has 3 aromatic carbocycles. The molecule has 600 valence electrons. The van der Waals surface area contributed by atoms with Crippen LogP contribution in [-0.4, -0.2) is 225 Å². The minimum Gasteiger partial charge on any atom is -0.444 e. The lowest BCUT2D eigenvalue weighted by atomic mass is 9.88. The van der Waals surface area contributed by atoms with Gasteiger partial charge in [-0.25, -0.2) is 14.8 Å². The fourth-order valence-corrected chi connectivity index (χ4v) is 11.6. The average Bonchev–Trinajstić information content (AvgIpc) is 1.60. The van der Waals surface area contributed by atoms with Crippen LogP contribution in [0.2, 0.25) is 5.02 Å². The van der Waals surface area contributed by atoms with Crippen LogP contribution in [0, 0.1) is 0 Å². The summed E-state index contributed by atoms with van der Waals surface area (Å²) < 4.78 is 55.7. The quantitative estimate of drug-likeness (QED) is 0.0176. The molecule has 8 rings (SSSR count). The van der Waals surface area contributed by atoms with Crippen LogP contribution < -0.4 is 52.8 Å². The van der Waals surface area contributed by atoms with Gasteiger partial charge in [0.1, 0.15) is 17.0 Å². The van der Waals surface area contributed by atoms with Gasteiger partial charge in [-0.1, -0.05) is 29.8 Å². The van der Waals surface area contributed by atoms with Crippen molar-refractivity contribution in [1.29, 1.82) is 0 Å². The molecule has 111 heavy (non-hydrogen) atoms. The highest BCUT2D eigenvalue weighted by molar-refractivity contribution is 6.30. The summed E-state index contributed by atoms with van der Waals surface area (Å²) in [4.78, 5) is 126. The molecule has 0 bridgehead atoms. The zero-order valence-electron chi connectivity index (χ0n) is 64.1. The number of nitrogens with zero attached hydrogens (tertiary/aromatic N) is 7. The molecular formula is C76H101ClN16O18. The van der Waals surface area contributed by atoms with E-state index in [0.29, 0.717) is 122 Å². The van der Waals surface area contributed by atoms with E-state index in [2.05, 4.69) is 70.8 Å². The zero-order chi connectivity index (χ0) is 79.8. The largest absolute Gasteiger partial charge is 0.444 e. The molecule has 0 aliphatic carbocycles. The first-order valence-corrected chi connectivity index (χ1v) is 36.8. The fraction of sp³-hybridized carbons (Fsp3) is 0.461. The molecular weight excluding hydrogens is 1460 g/mol. The number of benzene rings is 3. The highest BCUT2D eigenvalue weighted by Crippen LogP contribution is 2.41. The Morgan fingerprint density at radius 3 is 1.32 bits per heavy atom. The summed E-state index contributed by atoms with van der Waals surface area (Å²) in [5, 5.41) is 25.8. The molecule has 0 spiro atoms. The second kappa shape index (κ2) is 43.7. The van der Waals surface area contributed by atoms with Gasteiger partial charge in [0, 0.05) is 127 Å². The molecule has 0 saturated carbocycles. The Morgan fingerprint density at radius 2 is 0.874 bits per heavy atom. The van der Waals surface area contributed by atoms with Crippen LogP contribution in [0.15, 0.2) is 104 Å². The summed E-state index contributed by atoms with van der Waals surface area (Å²) >= 11 is 6.14. The third-order valence-electron chi connectivity index (χ3n) is 16.7. The number of aryl methyl sites for hydroxylation is 4. The van der Waals surface area contributed by atoms with E-state index in [4.69, 9.17) is 54.2 Å². The van der Waals surface area contributed by atoms with Gasteiger partial charge >= 0.3 is 6.09 Å². The van der Waals surface area contributed by atoms with Crippen molar-refractivity contribution in [3.63, 3.8) is 0 Å². The van der Waals surface area contributed by atoms with Crippen molar-refractivity contribution in [2.24, 2.45) is 28.2 Å². The summed E-state index contributed by atoms with van der Waals surface area (Å²) in [6.45, 7) is 15.3. The molecule has 2 atom stereocenters.